The number of hydrogen-bond donors (Lipinski definition) is 1. The van der Waals surface area contributed by atoms with Gasteiger partial charge in [0.2, 0.25) is 0 Å². The summed E-state index contributed by atoms with van der Waals surface area (Å²) in [6, 6.07) is 0. The van der Waals surface area contributed by atoms with Gasteiger partial charge in [-0.3, -0.25) is 4.99 Å². The number of nitrogens with zero attached hydrogens (tertiary/aromatic N) is 1. The number of hydrogen-bond acceptors (Lipinski definition) is 2. The summed E-state index contributed by atoms with van der Waals surface area (Å²) in [4.78, 5) is 4.65. The minimum atomic E-state index is 0.144. The lowest BCUT2D eigenvalue weighted by atomic mass is 9.61. The second kappa shape index (κ2) is 2.37. The lowest BCUT2D eigenvalue weighted by Crippen LogP contribution is -2.43. The van der Waals surface area contributed by atoms with Crippen LogP contribution in [0.4, 0.5) is 0 Å². The topological polar surface area (TPSA) is 38.4 Å². The largest absolute Gasteiger partial charge is 0.398 e. The van der Waals surface area contributed by atoms with Gasteiger partial charge in [0.05, 0.1) is 5.54 Å². The van der Waals surface area contributed by atoms with E-state index in [2.05, 4.69) is 11.1 Å². The molecule has 1 aliphatic heterocycles. The van der Waals surface area contributed by atoms with Gasteiger partial charge >= 0.3 is 0 Å². The van der Waals surface area contributed by atoms with E-state index < -0.39 is 0 Å². The van der Waals surface area contributed by atoms with Crippen LogP contribution in [0.25, 0.3) is 0 Å². The normalized spacial score (nSPS) is 47.2. The highest BCUT2D eigenvalue weighted by Gasteiger charge is 2.47. The average molecular weight is 176 g/mol. The first-order chi connectivity index (χ1) is 6.28. The Bertz CT molecular complexity index is 284. The summed E-state index contributed by atoms with van der Waals surface area (Å²) >= 11 is 0. The molecule has 2 N–H and O–H groups in total. The molecule has 0 aromatic heterocycles. The molecule has 0 radical (unpaired) electrons. The summed E-state index contributed by atoms with van der Waals surface area (Å²) in [5, 5.41) is 0. The highest BCUT2D eigenvalue weighted by molar-refractivity contribution is 5.81. The third-order valence-electron chi connectivity index (χ3n) is 4.04. The average Bonchev–Trinajstić information content (AvgIpc) is 2.49. The van der Waals surface area contributed by atoms with Gasteiger partial charge in [0.1, 0.15) is 0 Å². The maximum atomic E-state index is 5.78. The number of rotatable bonds is 0. The van der Waals surface area contributed by atoms with Gasteiger partial charge in [-0.25, -0.2) is 0 Å². The van der Waals surface area contributed by atoms with E-state index in [-0.39, 0.29) is 5.54 Å². The van der Waals surface area contributed by atoms with E-state index in [9.17, 15) is 0 Å². The van der Waals surface area contributed by atoms with Gasteiger partial charge in [0, 0.05) is 11.9 Å². The van der Waals surface area contributed by atoms with Crippen molar-refractivity contribution in [1.29, 1.82) is 0 Å². The van der Waals surface area contributed by atoms with Crippen LogP contribution in [0.5, 0.6) is 0 Å². The molecule has 2 heteroatoms. The first-order valence-electron chi connectivity index (χ1n) is 5.32. The Morgan fingerprint density at radius 2 is 2.08 bits per heavy atom. The SMILES string of the molecule is NC1=CC2(CC3CCC2CC3)N=C1. The van der Waals surface area contributed by atoms with Crippen molar-refractivity contribution in [3.8, 4) is 0 Å². The van der Waals surface area contributed by atoms with Crippen molar-refractivity contribution in [3.63, 3.8) is 0 Å². The Labute approximate surface area is 78.9 Å². The second-order valence-electron chi connectivity index (χ2n) is 4.82. The molecule has 1 unspecified atom stereocenters. The van der Waals surface area contributed by atoms with Crippen molar-refractivity contribution in [2.45, 2.75) is 37.6 Å². The van der Waals surface area contributed by atoms with Crippen LogP contribution in [0.3, 0.4) is 0 Å². The van der Waals surface area contributed by atoms with E-state index in [0.717, 1.165) is 17.5 Å². The van der Waals surface area contributed by atoms with E-state index in [1.165, 1.54) is 32.1 Å². The molecule has 3 saturated carbocycles. The predicted octanol–water partition coefficient (Wildman–Crippen LogP) is 1.86. The molecule has 3 aliphatic carbocycles. The third kappa shape index (κ3) is 0.976. The molecule has 1 heterocycles. The van der Waals surface area contributed by atoms with Crippen LogP contribution in [0.15, 0.2) is 16.8 Å². The summed E-state index contributed by atoms with van der Waals surface area (Å²) in [5.41, 5.74) is 6.81. The molecular formula is C11H16N2. The molecule has 0 saturated heterocycles. The van der Waals surface area contributed by atoms with E-state index in [1.807, 2.05) is 6.21 Å². The molecule has 3 fully saturated rings. The standard InChI is InChI=1S/C11H16N2/c12-10-6-11(13-7-10)5-8-1-3-9(11)4-2-8/h6-9H,1-5,12H2. The monoisotopic (exact) mass is 176 g/mol. The van der Waals surface area contributed by atoms with Crippen molar-refractivity contribution < 1.29 is 0 Å². The van der Waals surface area contributed by atoms with Gasteiger partial charge in [0.25, 0.3) is 0 Å². The Balaban J connectivity index is 1.97. The minimum absolute atomic E-state index is 0.144. The van der Waals surface area contributed by atoms with E-state index >= 15 is 0 Å². The minimum Gasteiger partial charge on any atom is -0.398 e. The summed E-state index contributed by atoms with van der Waals surface area (Å²) in [6.45, 7) is 0. The van der Waals surface area contributed by atoms with Gasteiger partial charge in [-0.1, -0.05) is 0 Å². The fraction of sp³-hybridized carbons (Fsp3) is 0.727. The third-order valence-corrected chi connectivity index (χ3v) is 4.04. The summed E-state index contributed by atoms with van der Waals surface area (Å²) in [6.07, 6.45) is 10.9. The molecule has 0 aromatic rings. The quantitative estimate of drug-likeness (QED) is 0.601. The van der Waals surface area contributed by atoms with Gasteiger partial charge in [-0.05, 0) is 50.0 Å². The molecule has 0 aromatic carbocycles. The first kappa shape index (κ1) is 7.60. The van der Waals surface area contributed by atoms with Crippen LogP contribution in [0, 0.1) is 11.8 Å². The summed E-state index contributed by atoms with van der Waals surface area (Å²) < 4.78 is 0. The molecule has 70 valence electrons. The van der Waals surface area contributed by atoms with E-state index in [0.29, 0.717) is 0 Å². The summed E-state index contributed by atoms with van der Waals surface area (Å²) in [5.74, 6) is 1.71. The zero-order valence-electron chi connectivity index (χ0n) is 7.87. The van der Waals surface area contributed by atoms with Crippen molar-refractivity contribution in [3.05, 3.63) is 11.8 Å². The van der Waals surface area contributed by atoms with Crippen LogP contribution in [-0.4, -0.2) is 11.8 Å². The fourth-order valence-electron chi connectivity index (χ4n) is 3.39. The Morgan fingerprint density at radius 1 is 1.31 bits per heavy atom. The molecular weight excluding hydrogens is 160 g/mol. The van der Waals surface area contributed by atoms with Gasteiger partial charge in [-0.15, -0.1) is 0 Å². The Morgan fingerprint density at radius 3 is 2.54 bits per heavy atom. The molecule has 4 rings (SSSR count). The molecule has 2 bridgehead atoms. The van der Waals surface area contributed by atoms with Crippen molar-refractivity contribution in [1.82, 2.24) is 0 Å². The molecule has 4 aliphatic rings. The smallest absolute Gasteiger partial charge is 0.0842 e. The fourth-order valence-corrected chi connectivity index (χ4v) is 3.39. The second-order valence-corrected chi connectivity index (χ2v) is 4.82. The van der Waals surface area contributed by atoms with Crippen LogP contribution in [-0.2, 0) is 0 Å². The molecule has 0 amide bonds. The molecule has 1 atom stereocenters. The predicted molar refractivity (Wildman–Crippen MR) is 53.6 cm³/mol. The highest BCUT2D eigenvalue weighted by Crippen LogP contribution is 2.51. The molecule has 13 heavy (non-hydrogen) atoms. The Hall–Kier alpha value is -0.790. The first-order valence-corrected chi connectivity index (χ1v) is 5.32. The van der Waals surface area contributed by atoms with Crippen LogP contribution >= 0.6 is 0 Å². The zero-order valence-corrected chi connectivity index (χ0v) is 7.87. The number of nitrogens with two attached hydrogens (primary N) is 1. The lowest BCUT2D eigenvalue weighted by molar-refractivity contribution is 0.105. The molecule has 1 spiro atoms. The van der Waals surface area contributed by atoms with E-state index in [4.69, 9.17) is 5.73 Å². The van der Waals surface area contributed by atoms with Gasteiger partial charge in [0.15, 0.2) is 0 Å². The summed E-state index contributed by atoms with van der Waals surface area (Å²) in [7, 11) is 0. The van der Waals surface area contributed by atoms with Crippen LogP contribution in [0.2, 0.25) is 0 Å². The van der Waals surface area contributed by atoms with Gasteiger partial charge in [-0.2, -0.15) is 0 Å². The van der Waals surface area contributed by atoms with Crippen molar-refractivity contribution in [2.75, 3.05) is 0 Å². The zero-order chi connectivity index (χ0) is 8.89. The molecule has 2 nitrogen and oxygen atoms in total. The number of aliphatic imine (C=N–C) groups is 1. The Kier molecular flexibility index (Phi) is 1.38. The van der Waals surface area contributed by atoms with Crippen LogP contribution < -0.4 is 5.73 Å². The highest BCUT2D eigenvalue weighted by atomic mass is 14.9. The number of allylic oxidation sites excluding steroid dienone is 1. The van der Waals surface area contributed by atoms with Crippen molar-refractivity contribution >= 4 is 6.21 Å². The maximum Gasteiger partial charge on any atom is 0.0842 e. The lowest BCUT2D eigenvalue weighted by Gasteiger charge is -2.47. The van der Waals surface area contributed by atoms with Crippen molar-refractivity contribution in [2.24, 2.45) is 22.6 Å². The number of fused-ring (bicyclic) bond motifs is 2. The maximum absolute atomic E-state index is 5.78. The van der Waals surface area contributed by atoms with Gasteiger partial charge < -0.3 is 5.73 Å². The van der Waals surface area contributed by atoms with Crippen LogP contribution in [0.1, 0.15) is 32.1 Å². The van der Waals surface area contributed by atoms with E-state index in [1.54, 1.807) is 0 Å².